The highest BCUT2D eigenvalue weighted by atomic mass is 16.5. The van der Waals surface area contributed by atoms with E-state index in [4.69, 9.17) is 4.74 Å². The predicted molar refractivity (Wildman–Crippen MR) is 91.4 cm³/mol. The van der Waals surface area contributed by atoms with Crippen LogP contribution < -0.4 is 10.1 Å². The molecule has 1 atom stereocenters. The van der Waals surface area contributed by atoms with E-state index >= 15 is 0 Å². The van der Waals surface area contributed by atoms with E-state index in [0.29, 0.717) is 0 Å². The summed E-state index contributed by atoms with van der Waals surface area (Å²) < 4.78 is 5.24. The molecular formula is C19H25NO2. The Bertz CT molecular complexity index is 647. The first kappa shape index (κ1) is 16.3. The fourth-order valence-electron chi connectivity index (χ4n) is 2.61. The van der Waals surface area contributed by atoms with Crippen LogP contribution in [0.5, 0.6) is 5.75 Å². The second kappa shape index (κ2) is 7.30. The molecule has 1 amide bonds. The van der Waals surface area contributed by atoms with Gasteiger partial charge in [0.05, 0.1) is 13.0 Å². The average molecular weight is 299 g/mol. The molecule has 0 fully saturated rings. The van der Waals surface area contributed by atoms with Crippen molar-refractivity contribution >= 4 is 16.7 Å². The highest BCUT2D eigenvalue weighted by Gasteiger charge is 2.17. The van der Waals surface area contributed by atoms with Gasteiger partial charge in [-0.15, -0.1) is 0 Å². The lowest BCUT2D eigenvalue weighted by Gasteiger charge is -2.19. The molecule has 0 bridgehead atoms. The minimum atomic E-state index is -0.146. The third-order valence-corrected chi connectivity index (χ3v) is 4.30. The zero-order chi connectivity index (χ0) is 16.1. The summed E-state index contributed by atoms with van der Waals surface area (Å²) in [5, 5.41) is 5.37. The van der Waals surface area contributed by atoms with Crippen molar-refractivity contribution < 1.29 is 9.53 Å². The van der Waals surface area contributed by atoms with Crippen LogP contribution in [0.1, 0.15) is 45.1 Å². The maximum atomic E-state index is 12.4. The Labute approximate surface area is 132 Å². The summed E-state index contributed by atoms with van der Waals surface area (Å²) >= 11 is 0. The van der Waals surface area contributed by atoms with Gasteiger partial charge in [-0.25, -0.2) is 0 Å². The van der Waals surface area contributed by atoms with Crippen molar-refractivity contribution in [2.24, 2.45) is 0 Å². The van der Waals surface area contributed by atoms with E-state index in [1.54, 1.807) is 7.11 Å². The second-order valence-electron chi connectivity index (χ2n) is 5.72. The van der Waals surface area contributed by atoms with E-state index < -0.39 is 0 Å². The molecule has 1 N–H and O–H groups in total. The summed E-state index contributed by atoms with van der Waals surface area (Å²) in [4.78, 5) is 12.4. The van der Waals surface area contributed by atoms with Crippen LogP contribution in [0.25, 0.3) is 10.8 Å². The molecule has 0 saturated heterocycles. The van der Waals surface area contributed by atoms with Crippen molar-refractivity contribution in [3.63, 3.8) is 0 Å². The quantitative estimate of drug-likeness (QED) is 0.865. The molecule has 2 aromatic carbocycles. The molecule has 0 saturated carbocycles. The van der Waals surface area contributed by atoms with E-state index in [1.165, 1.54) is 0 Å². The van der Waals surface area contributed by atoms with Crippen molar-refractivity contribution in [3.05, 3.63) is 42.0 Å². The van der Waals surface area contributed by atoms with Gasteiger partial charge in [0, 0.05) is 6.04 Å². The summed E-state index contributed by atoms with van der Waals surface area (Å²) in [5.41, 5.74) is 1.04. The zero-order valence-corrected chi connectivity index (χ0v) is 13.8. The third kappa shape index (κ3) is 3.59. The molecular weight excluding hydrogens is 274 g/mol. The van der Waals surface area contributed by atoms with Crippen LogP contribution in [-0.4, -0.2) is 19.1 Å². The van der Waals surface area contributed by atoms with Gasteiger partial charge < -0.3 is 10.1 Å². The zero-order valence-electron chi connectivity index (χ0n) is 13.8. The fraction of sp³-hybridized carbons (Fsp3) is 0.421. The van der Waals surface area contributed by atoms with E-state index in [-0.39, 0.29) is 17.9 Å². The number of hydrogen-bond donors (Lipinski definition) is 1. The van der Waals surface area contributed by atoms with Crippen LogP contribution in [0.4, 0.5) is 0 Å². The number of fused-ring (bicyclic) bond motifs is 1. The van der Waals surface area contributed by atoms with E-state index in [1.807, 2.05) is 37.3 Å². The minimum absolute atomic E-state index is 0.0987. The van der Waals surface area contributed by atoms with Crippen LogP contribution in [0.15, 0.2) is 36.4 Å². The Hall–Kier alpha value is -2.03. The molecule has 118 valence electrons. The van der Waals surface area contributed by atoms with E-state index in [0.717, 1.165) is 34.9 Å². The molecule has 3 heteroatoms. The van der Waals surface area contributed by atoms with Crippen LogP contribution in [0, 0.1) is 0 Å². The first-order valence-corrected chi connectivity index (χ1v) is 7.97. The number of carbonyl (C=O) groups is 1. The van der Waals surface area contributed by atoms with Gasteiger partial charge in [-0.2, -0.15) is 0 Å². The number of benzene rings is 2. The van der Waals surface area contributed by atoms with Gasteiger partial charge >= 0.3 is 0 Å². The number of nitrogens with one attached hydrogen (secondary N) is 1. The van der Waals surface area contributed by atoms with Gasteiger partial charge in [-0.1, -0.05) is 38.1 Å². The number of rotatable bonds is 6. The Balaban J connectivity index is 2.21. The highest BCUT2D eigenvalue weighted by molar-refractivity contribution is 5.88. The Morgan fingerprint density at radius 3 is 2.36 bits per heavy atom. The van der Waals surface area contributed by atoms with Gasteiger partial charge in [0.25, 0.3) is 0 Å². The number of amides is 1. The van der Waals surface area contributed by atoms with E-state index in [2.05, 4.69) is 25.2 Å². The van der Waals surface area contributed by atoms with Gasteiger partial charge in [0.1, 0.15) is 5.75 Å². The molecule has 0 aliphatic heterocycles. The number of carbonyl (C=O) groups excluding carboxylic acids is 1. The number of hydrogen-bond acceptors (Lipinski definition) is 2. The molecule has 2 aromatic rings. The van der Waals surface area contributed by atoms with Crippen molar-refractivity contribution in [1.29, 1.82) is 0 Å². The van der Waals surface area contributed by atoms with Crippen LogP contribution in [-0.2, 0) is 4.79 Å². The van der Waals surface area contributed by atoms with E-state index in [9.17, 15) is 4.79 Å². The molecule has 0 aliphatic rings. The SMILES string of the molecule is CCC(CC)NC(=O)[C@H](C)c1ccc2cc(OC)ccc2c1. The van der Waals surface area contributed by atoms with Gasteiger partial charge in [0.2, 0.25) is 5.91 Å². The standard InChI is InChI=1S/C19H25NO2/c1-5-17(6-2)20-19(21)13(3)14-7-8-16-12-18(22-4)10-9-15(16)11-14/h7-13,17H,5-6H2,1-4H3,(H,20,21)/t13-/m1/s1. The molecule has 0 spiro atoms. The topological polar surface area (TPSA) is 38.3 Å². The normalized spacial score (nSPS) is 12.4. The molecule has 0 radical (unpaired) electrons. The predicted octanol–water partition coefficient (Wildman–Crippen LogP) is 4.26. The van der Waals surface area contributed by atoms with Crippen LogP contribution in [0.2, 0.25) is 0 Å². The highest BCUT2D eigenvalue weighted by Crippen LogP contribution is 2.25. The summed E-state index contributed by atoms with van der Waals surface area (Å²) in [6.07, 6.45) is 1.93. The average Bonchev–Trinajstić information content (AvgIpc) is 2.57. The van der Waals surface area contributed by atoms with Crippen molar-refractivity contribution in [2.75, 3.05) is 7.11 Å². The lowest BCUT2D eigenvalue weighted by atomic mass is 9.96. The fourth-order valence-corrected chi connectivity index (χ4v) is 2.61. The Morgan fingerprint density at radius 2 is 1.73 bits per heavy atom. The summed E-state index contributed by atoms with van der Waals surface area (Å²) in [6.45, 7) is 6.16. The summed E-state index contributed by atoms with van der Waals surface area (Å²) in [5.74, 6) is 0.799. The summed E-state index contributed by atoms with van der Waals surface area (Å²) in [7, 11) is 1.67. The van der Waals surface area contributed by atoms with Crippen molar-refractivity contribution in [2.45, 2.75) is 45.6 Å². The van der Waals surface area contributed by atoms with Crippen LogP contribution in [0.3, 0.4) is 0 Å². The number of methoxy groups -OCH3 is 1. The van der Waals surface area contributed by atoms with Crippen molar-refractivity contribution in [3.8, 4) is 5.75 Å². The molecule has 0 unspecified atom stereocenters. The third-order valence-electron chi connectivity index (χ3n) is 4.30. The van der Waals surface area contributed by atoms with Gasteiger partial charge in [-0.05, 0) is 48.2 Å². The first-order chi connectivity index (χ1) is 10.6. The molecule has 0 aliphatic carbocycles. The maximum Gasteiger partial charge on any atom is 0.227 e. The molecule has 22 heavy (non-hydrogen) atoms. The lowest BCUT2D eigenvalue weighted by molar-refractivity contribution is -0.122. The molecule has 2 rings (SSSR count). The van der Waals surface area contributed by atoms with Crippen molar-refractivity contribution in [1.82, 2.24) is 5.32 Å². The monoisotopic (exact) mass is 299 g/mol. The molecule has 3 nitrogen and oxygen atoms in total. The van der Waals surface area contributed by atoms with Gasteiger partial charge in [0.15, 0.2) is 0 Å². The maximum absolute atomic E-state index is 12.4. The smallest absolute Gasteiger partial charge is 0.227 e. The van der Waals surface area contributed by atoms with Crippen LogP contribution >= 0.6 is 0 Å². The first-order valence-electron chi connectivity index (χ1n) is 7.97. The Morgan fingerprint density at radius 1 is 1.09 bits per heavy atom. The number of ether oxygens (including phenoxy) is 1. The molecule has 0 heterocycles. The minimum Gasteiger partial charge on any atom is -0.497 e. The second-order valence-corrected chi connectivity index (χ2v) is 5.72. The largest absolute Gasteiger partial charge is 0.497 e. The van der Waals surface area contributed by atoms with Gasteiger partial charge in [-0.3, -0.25) is 4.79 Å². The lowest BCUT2D eigenvalue weighted by Crippen LogP contribution is -2.36. The Kier molecular flexibility index (Phi) is 5.42. The molecule has 0 aromatic heterocycles. The summed E-state index contributed by atoms with van der Waals surface area (Å²) in [6, 6.07) is 12.4.